The summed E-state index contributed by atoms with van der Waals surface area (Å²) in [6.45, 7) is 8.55. The Bertz CT molecular complexity index is 382. The Kier molecular flexibility index (Phi) is 6.82. The van der Waals surface area contributed by atoms with Crippen LogP contribution in [0, 0.1) is 5.41 Å². The lowest BCUT2D eigenvalue weighted by Crippen LogP contribution is -2.22. The third-order valence-corrected chi connectivity index (χ3v) is 3.25. The van der Waals surface area contributed by atoms with Crippen molar-refractivity contribution >= 4 is 6.08 Å². The zero-order valence-corrected chi connectivity index (χ0v) is 12.4. The molecule has 0 aliphatic carbocycles. The Balaban J connectivity index is 2.21. The van der Waals surface area contributed by atoms with E-state index in [1.165, 1.54) is 11.1 Å². The Morgan fingerprint density at radius 3 is 2.58 bits per heavy atom. The maximum atomic E-state index is 9.17. The number of aliphatic hydroxyl groups is 1. The van der Waals surface area contributed by atoms with Gasteiger partial charge in [-0.1, -0.05) is 55.8 Å². The molecule has 0 bridgehead atoms. The Morgan fingerprint density at radius 1 is 1.26 bits per heavy atom. The summed E-state index contributed by atoms with van der Waals surface area (Å²) in [5, 5.41) is 12.6. The molecule has 0 aromatic heterocycles. The normalized spacial score (nSPS) is 12.7. The summed E-state index contributed by atoms with van der Waals surface area (Å²) in [5.74, 6) is 0. The van der Waals surface area contributed by atoms with Crippen molar-refractivity contribution in [1.29, 1.82) is 0 Å². The first-order valence-electron chi connectivity index (χ1n) is 7.07. The number of benzene rings is 1. The van der Waals surface area contributed by atoms with Crippen molar-refractivity contribution in [3.63, 3.8) is 0 Å². The summed E-state index contributed by atoms with van der Waals surface area (Å²) in [7, 11) is 0. The van der Waals surface area contributed by atoms with Gasteiger partial charge in [0, 0.05) is 13.2 Å². The topological polar surface area (TPSA) is 32.3 Å². The molecular weight excluding hydrogens is 234 g/mol. The van der Waals surface area contributed by atoms with Gasteiger partial charge in [0.2, 0.25) is 0 Å². The van der Waals surface area contributed by atoms with E-state index in [1.807, 2.05) is 6.07 Å². The molecule has 19 heavy (non-hydrogen) atoms. The molecule has 2 N–H and O–H groups in total. The molecule has 0 radical (unpaired) electrons. The molecule has 0 aliphatic rings. The van der Waals surface area contributed by atoms with Crippen LogP contribution in [0.3, 0.4) is 0 Å². The molecule has 1 aromatic carbocycles. The largest absolute Gasteiger partial charge is 0.396 e. The van der Waals surface area contributed by atoms with E-state index in [0.29, 0.717) is 0 Å². The van der Waals surface area contributed by atoms with Gasteiger partial charge >= 0.3 is 0 Å². The molecule has 0 aliphatic heterocycles. The van der Waals surface area contributed by atoms with E-state index in [2.05, 4.69) is 56.4 Å². The number of nitrogens with one attached hydrogen (secondary N) is 1. The van der Waals surface area contributed by atoms with Crippen LogP contribution in [0.4, 0.5) is 0 Å². The van der Waals surface area contributed by atoms with Crippen molar-refractivity contribution < 1.29 is 5.11 Å². The minimum absolute atomic E-state index is 0.0522. The fourth-order valence-corrected chi connectivity index (χ4v) is 1.94. The van der Waals surface area contributed by atoms with Crippen molar-refractivity contribution in [2.75, 3.05) is 19.7 Å². The highest BCUT2D eigenvalue weighted by atomic mass is 16.3. The van der Waals surface area contributed by atoms with Crippen LogP contribution >= 0.6 is 0 Å². The molecule has 0 saturated heterocycles. The third kappa shape index (κ3) is 7.14. The van der Waals surface area contributed by atoms with E-state index in [1.54, 1.807) is 0 Å². The van der Waals surface area contributed by atoms with Gasteiger partial charge in [0.1, 0.15) is 0 Å². The number of aliphatic hydroxyl groups excluding tert-OH is 1. The molecule has 0 saturated carbocycles. The number of hydrogen-bond donors (Lipinski definition) is 2. The maximum Gasteiger partial charge on any atom is 0.0482 e. The van der Waals surface area contributed by atoms with E-state index >= 15 is 0 Å². The van der Waals surface area contributed by atoms with Crippen LogP contribution in [-0.4, -0.2) is 24.8 Å². The first-order chi connectivity index (χ1) is 9.03. The Labute approximate surface area is 117 Å². The van der Waals surface area contributed by atoms with Crippen LogP contribution in [0.15, 0.2) is 35.9 Å². The van der Waals surface area contributed by atoms with Gasteiger partial charge in [-0.15, -0.1) is 0 Å². The molecule has 1 rings (SSSR count). The predicted molar refractivity (Wildman–Crippen MR) is 83.1 cm³/mol. The van der Waals surface area contributed by atoms with Gasteiger partial charge in [-0.2, -0.15) is 0 Å². The van der Waals surface area contributed by atoms with Crippen LogP contribution < -0.4 is 5.32 Å². The highest BCUT2D eigenvalue weighted by Crippen LogP contribution is 2.20. The second-order valence-electron chi connectivity index (χ2n) is 6.00. The van der Waals surface area contributed by atoms with E-state index in [9.17, 15) is 5.11 Å². The lowest BCUT2D eigenvalue weighted by Gasteiger charge is -2.21. The van der Waals surface area contributed by atoms with Crippen molar-refractivity contribution in [3.05, 3.63) is 41.5 Å². The molecule has 0 spiro atoms. The number of rotatable bonds is 8. The monoisotopic (exact) mass is 261 g/mol. The van der Waals surface area contributed by atoms with Gasteiger partial charge in [0.05, 0.1) is 0 Å². The molecule has 0 fully saturated rings. The highest BCUT2D eigenvalue weighted by Gasteiger charge is 2.14. The van der Waals surface area contributed by atoms with Gasteiger partial charge in [-0.3, -0.25) is 0 Å². The molecule has 0 heterocycles. The van der Waals surface area contributed by atoms with Crippen LogP contribution in [-0.2, 0) is 0 Å². The lowest BCUT2D eigenvalue weighted by atomic mass is 9.89. The Morgan fingerprint density at radius 2 is 1.95 bits per heavy atom. The molecular formula is C17H27NO. The second-order valence-corrected chi connectivity index (χ2v) is 6.00. The van der Waals surface area contributed by atoms with E-state index in [0.717, 1.165) is 25.9 Å². The van der Waals surface area contributed by atoms with Crippen LogP contribution in [0.1, 0.15) is 39.2 Å². The summed E-state index contributed by atoms with van der Waals surface area (Å²) >= 11 is 0. The SMILES string of the molecule is CC(=Cc1ccccc1)CNCCCC(C)(C)CO. The molecule has 2 heteroatoms. The summed E-state index contributed by atoms with van der Waals surface area (Å²) in [6, 6.07) is 10.4. The van der Waals surface area contributed by atoms with Crippen molar-refractivity contribution in [2.24, 2.45) is 5.41 Å². The zero-order chi connectivity index (χ0) is 14.1. The van der Waals surface area contributed by atoms with E-state index in [4.69, 9.17) is 0 Å². The first kappa shape index (κ1) is 15.9. The smallest absolute Gasteiger partial charge is 0.0482 e. The van der Waals surface area contributed by atoms with E-state index in [-0.39, 0.29) is 12.0 Å². The van der Waals surface area contributed by atoms with Gasteiger partial charge in [0.15, 0.2) is 0 Å². The summed E-state index contributed by atoms with van der Waals surface area (Å²) < 4.78 is 0. The summed E-state index contributed by atoms with van der Waals surface area (Å²) in [5.41, 5.74) is 2.65. The van der Waals surface area contributed by atoms with Gasteiger partial charge in [-0.25, -0.2) is 0 Å². The highest BCUT2D eigenvalue weighted by molar-refractivity contribution is 5.52. The van der Waals surface area contributed by atoms with Crippen LogP contribution in [0.5, 0.6) is 0 Å². The van der Waals surface area contributed by atoms with Crippen LogP contribution in [0.2, 0.25) is 0 Å². The Hall–Kier alpha value is -1.12. The fraction of sp³-hybridized carbons (Fsp3) is 0.529. The lowest BCUT2D eigenvalue weighted by molar-refractivity contribution is 0.148. The number of hydrogen-bond acceptors (Lipinski definition) is 2. The predicted octanol–water partition coefficient (Wildman–Crippen LogP) is 3.48. The average Bonchev–Trinajstić information content (AvgIpc) is 2.39. The second kappa shape index (κ2) is 8.13. The van der Waals surface area contributed by atoms with E-state index < -0.39 is 0 Å². The summed E-state index contributed by atoms with van der Waals surface area (Å²) in [6.07, 6.45) is 4.37. The quantitative estimate of drug-likeness (QED) is 0.702. The minimum Gasteiger partial charge on any atom is -0.396 e. The first-order valence-corrected chi connectivity index (χ1v) is 7.07. The molecule has 1 aromatic rings. The molecule has 0 amide bonds. The van der Waals surface area contributed by atoms with Crippen molar-refractivity contribution in [3.8, 4) is 0 Å². The van der Waals surface area contributed by atoms with Crippen molar-refractivity contribution in [1.82, 2.24) is 5.32 Å². The van der Waals surface area contributed by atoms with Crippen LogP contribution in [0.25, 0.3) is 6.08 Å². The fourth-order valence-electron chi connectivity index (χ4n) is 1.94. The standard InChI is InChI=1S/C17H27NO/c1-15(12-16-8-5-4-6-9-16)13-18-11-7-10-17(2,3)14-19/h4-6,8-9,12,18-19H,7,10-11,13-14H2,1-3H3. The molecule has 0 atom stereocenters. The van der Waals surface area contributed by atoms with Crippen molar-refractivity contribution in [2.45, 2.75) is 33.6 Å². The summed E-state index contributed by atoms with van der Waals surface area (Å²) in [4.78, 5) is 0. The zero-order valence-electron chi connectivity index (χ0n) is 12.4. The third-order valence-electron chi connectivity index (χ3n) is 3.25. The van der Waals surface area contributed by atoms with Gasteiger partial charge in [0.25, 0.3) is 0 Å². The average molecular weight is 261 g/mol. The van der Waals surface area contributed by atoms with Gasteiger partial charge < -0.3 is 10.4 Å². The minimum atomic E-state index is 0.0522. The maximum absolute atomic E-state index is 9.17. The van der Waals surface area contributed by atoms with Gasteiger partial charge in [-0.05, 0) is 37.3 Å². The molecule has 2 nitrogen and oxygen atoms in total. The molecule has 106 valence electrons. The molecule has 0 unspecified atom stereocenters.